The summed E-state index contributed by atoms with van der Waals surface area (Å²) in [6, 6.07) is 12.0. The molecule has 0 aromatic heterocycles. The Labute approximate surface area is 65.2 Å². The first-order chi connectivity index (χ1) is 4.73. The van der Waals surface area contributed by atoms with Crippen molar-refractivity contribution >= 4 is 6.09 Å². The quantitative estimate of drug-likeness (QED) is 0.530. The highest BCUT2D eigenvalue weighted by atomic mass is 16.4. The first-order valence-corrected chi connectivity index (χ1v) is 2.72. The van der Waals surface area contributed by atoms with Gasteiger partial charge >= 0.3 is 6.09 Å². The Morgan fingerprint density at radius 1 is 1.00 bits per heavy atom. The molecule has 1 aromatic rings. The fraction of sp³-hybridized carbons (Fsp3) is 0. The van der Waals surface area contributed by atoms with Gasteiger partial charge in [0, 0.05) is 0 Å². The molecule has 0 aliphatic heterocycles. The second-order valence-corrected chi connectivity index (χ2v) is 1.49. The predicted molar refractivity (Wildman–Crippen MR) is 43.7 cm³/mol. The van der Waals surface area contributed by atoms with Crippen LogP contribution in [0.25, 0.3) is 0 Å². The number of hydrogen-bond acceptors (Lipinski definition) is 2. The Morgan fingerprint density at radius 3 is 1.18 bits per heavy atom. The van der Waals surface area contributed by atoms with Crippen molar-refractivity contribution in [3.05, 3.63) is 36.4 Å². The van der Waals surface area contributed by atoms with Crippen LogP contribution in [-0.2, 0) is 0 Å². The molecule has 0 heterocycles. The second kappa shape index (κ2) is 8.45. The zero-order valence-electron chi connectivity index (χ0n) is 6.10. The lowest BCUT2D eigenvalue weighted by atomic mass is 10.4. The topological polar surface area (TPSA) is 98.3 Å². The van der Waals surface area contributed by atoms with E-state index in [1.54, 1.807) is 0 Å². The minimum absolute atomic E-state index is 0. The highest BCUT2D eigenvalue weighted by Gasteiger charge is 1.65. The summed E-state index contributed by atoms with van der Waals surface area (Å²) >= 11 is 0. The van der Waals surface area contributed by atoms with Gasteiger partial charge in [0.15, 0.2) is 0 Å². The van der Waals surface area contributed by atoms with Crippen LogP contribution in [0.2, 0.25) is 0 Å². The molecule has 1 rings (SSSR count). The van der Waals surface area contributed by atoms with E-state index in [1.165, 1.54) is 0 Å². The summed E-state index contributed by atoms with van der Waals surface area (Å²) in [6.07, 6.45) is -1.33. The highest BCUT2D eigenvalue weighted by Crippen LogP contribution is 1.79. The maximum atomic E-state index is 8.78. The fourth-order valence-electron chi connectivity index (χ4n) is 0.385. The van der Waals surface area contributed by atoms with E-state index in [-0.39, 0.29) is 6.15 Å². The maximum Gasteiger partial charge on any atom is 0.402 e. The molecule has 0 bridgehead atoms. The lowest BCUT2D eigenvalue weighted by molar-refractivity contribution is 0.205. The van der Waals surface area contributed by atoms with Crippen LogP contribution in [0.15, 0.2) is 36.4 Å². The maximum absolute atomic E-state index is 8.78. The molecule has 0 aliphatic rings. The third kappa shape index (κ3) is 17.8. The molecule has 62 valence electrons. The summed E-state index contributed by atoms with van der Waals surface area (Å²) in [5.41, 5.74) is 4.03. The van der Waals surface area contributed by atoms with Crippen LogP contribution < -0.4 is 11.9 Å². The molecule has 0 fully saturated rings. The van der Waals surface area contributed by atoms with Crippen LogP contribution in [0.4, 0.5) is 4.79 Å². The number of hydrogen-bond donors (Lipinski definition) is 3. The molecular formula is C7H12N2O2. The molecule has 0 aliphatic carbocycles. The standard InChI is InChI=1S/C6H6.CH3NO2.H3N/c1-2-4-6-5-3-1;2-1(3)4;/h1-6H;2H2,(H,3,4);1H3. The van der Waals surface area contributed by atoms with Gasteiger partial charge in [-0.2, -0.15) is 0 Å². The van der Waals surface area contributed by atoms with Gasteiger partial charge in [0.1, 0.15) is 0 Å². The van der Waals surface area contributed by atoms with E-state index in [9.17, 15) is 0 Å². The number of primary amides is 1. The molecule has 0 unspecified atom stereocenters. The van der Waals surface area contributed by atoms with Gasteiger partial charge in [0.25, 0.3) is 0 Å². The smallest absolute Gasteiger partial charge is 0.402 e. The third-order valence-electron chi connectivity index (χ3n) is 0.667. The van der Waals surface area contributed by atoms with E-state index in [0.717, 1.165) is 0 Å². The van der Waals surface area contributed by atoms with Crippen molar-refractivity contribution in [1.29, 1.82) is 0 Å². The van der Waals surface area contributed by atoms with E-state index >= 15 is 0 Å². The summed E-state index contributed by atoms with van der Waals surface area (Å²) in [5.74, 6) is 0. The average Bonchev–Trinajstić information content (AvgIpc) is 1.90. The molecule has 4 nitrogen and oxygen atoms in total. The lowest BCUT2D eigenvalue weighted by Crippen LogP contribution is -2.03. The molecule has 4 heteroatoms. The summed E-state index contributed by atoms with van der Waals surface area (Å²) in [5, 5.41) is 7.19. The van der Waals surface area contributed by atoms with E-state index in [2.05, 4.69) is 5.73 Å². The summed E-state index contributed by atoms with van der Waals surface area (Å²) in [6.45, 7) is 0. The number of nitrogens with two attached hydrogens (primary N) is 1. The van der Waals surface area contributed by atoms with Crippen molar-refractivity contribution < 1.29 is 9.90 Å². The first kappa shape index (κ1) is 12.2. The van der Waals surface area contributed by atoms with Gasteiger partial charge in [0.05, 0.1) is 0 Å². The van der Waals surface area contributed by atoms with Gasteiger partial charge in [0.2, 0.25) is 0 Å². The van der Waals surface area contributed by atoms with E-state index in [1.807, 2.05) is 36.4 Å². The molecule has 11 heavy (non-hydrogen) atoms. The molecule has 0 atom stereocenters. The van der Waals surface area contributed by atoms with E-state index in [0.29, 0.717) is 0 Å². The van der Waals surface area contributed by atoms with Gasteiger partial charge in [-0.25, -0.2) is 4.79 Å². The minimum atomic E-state index is -1.33. The van der Waals surface area contributed by atoms with Crippen LogP contribution in [-0.4, -0.2) is 11.2 Å². The first-order valence-electron chi connectivity index (χ1n) is 2.72. The second-order valence-electron chi connectivity index (χ2n) is 1.49. The summed E-state index contributed by atoms with van der Waals surface area (Å²) in [4.78, 5) is 8.78. The Balaban J connectivity index is 0. The van der Waals surface area contributed by atoms with Crippen molar-refractivity contribution in [2.24, 2.45) is 5.73 Å². The summed E-state index contributed by atoms with van der Waals surface area (Å²) in [7, 11) is 0. The molecule has 6 N–H and O–H groups in total. The number of carbonyl (C=O) groups is 1. The molecule has 1 aromatic carbocycles. The van der Waals surface area contributed by atoms with Crippen LogP contribution in [0.3, 0.4) is 0 Å². The molecule has 0 spiro atoms. The van der Waals surface area contributed by atoms with Crippen molar-refractivity contribution in [1.82, 2.24) is 6.15 Å². The summed E-state index contributed by atoms with van der Waals surface area (Å²) < 4.78 is 0. The van der Waals surface area contributed by atoms with Crippen LogP contribution in [0.5, 0.6) is 0 Å². The zero-order valence-corrected chi connectivity index (χ0v) is 6.10. The van der Waals surface area contributed by atoms with E-state index in [4.69, 9.17) is 9.90 Å². The molecule has 0 saturated heterocycles. The highest BCUT2D eigenvalue weighted by molar-refractivity contribution is 5.61. The van der Waals surface area contributed by atoms with Crippen LogP contribution in [0, 0.1) is 0 Å². The molecular weight excluding hydrogens is 144 g/mol. The normalized spacial score (nSPS) is 6.55. The van der Waals surface area contributed by atoms with Crippen molar-refractivity contribution in [2.45, 2.75) is 0 Å². The van der Waals surface area contributed by atoms with Gasteiger partial charge in [-0.15, -0.1) is 0 Å². The average molecular weight is 156 g/mol. The van der Waals surface area contributed by atoms with Gasteiger partial charge in [-0.1, -0.05) is 36.4 Å². The van der Waals surface area contributed by atoms with E-state index < -0.39 is 6.09 Å². The van der Waals surface area contributed by atoms with Gasteiger partial charge < -0.3 is 17.0 Å². The van der Waals surface area contributed by atoms with Crippen molar-refractivity contribution in [2.75, 3.05) is 0 Å². The monoisotopic (exact) mass is 156 g/mol. The third-order valence-corrected chi connectivity index (χ3v) is 0.667. The number of amides is 1. The number of benzene rings is 1. The van der Waals surface area contributed by atoms with Gasteiger partial charge in [-0.05, 0) is 0 Å². The largest absolute Gasteiger partial charge is 0.465 e. The SMILES string of the molecule is N.NC(=O)O.c1ccccc1. The lowest BCUT2D eigenvalue weighted by Gasteiger charge is -1.69. The zero-order chi connectivity index (χ0) is 7.82. The van der Waals surface area contributed by atoms with Crippen LogP contribution >= 0.6 is 0 Å². The Hall–Kier alpha value is -1.55. The predicted octanol–water partition coefficient (Wildman–Crippen LogP) is 1.47. The molecule has 1 amide bonds. The molecule has 0 saturated carbocycles. The van der Waals surface area contributed by atoms with Crippen LogP contribution in [0.1, 0.15) is 0 Å². The van der Waals surface area contributed by atoms with Crippen molar-refractivity contribution in [3.8, 4) is 0 Å². The Kier molecular flexibility index (Phi) is 9.34. The molecule has 0 radical (unpaired) electrons. The number of carboxylic acid groups (broad SMARTS) is 1. The number of rotatable bonds is 0. The van der Waals surface area contributed by atoms with Crippen molar-refractivity contribution in [3.63, 3.8) is 0 Å². The minimum Gasteiger partial charge on any atom is -0.465 e. The Bertz CT molecular complexity index is 146. The Morgan fingerprint density at radius 2 is 1.09 bits per heavy atom. The fourth-order valence-corrected chi connectivity index (χ4v) is 0.385. The van der Waals surface area contributed by atoms with Gasteiger partial charge in [-0.3, -0.25) is 0 Å².